The van der Waals surface area contributed by atoms with Gasteiger partial charge in [-0.1, -0.05) is 41.3 Å². The topological polar surface area (TPSA) is 75.2 Å². The van der Waals surface area contributed by atoms with E-state index in [0.29, 0.717) is 11.6 Å². The lowest BCUT2D eigenvalue weighted by Crippen LogP contribution is -2.23. The van der Waals surface area contributed by atoms with Crippen LogP contribution in [-0.2, 0) is 9.59 Å². The molecule has 0 aliphatic carbocycles. The Kier molecular flexibility index (Phi) is 6.19. The highest BCUT2D eigenvalue weighted by atomic mass is 32.2. The van der Waals surface area contributed by atoms with Crippen molar-refractivity contribution in [2.24, 2.45) is 0 Å². The average molecular weight is 387 g/mol. The van der Waals surface area contributed by atoms with Gasteiger partial charge in [-0.25, -0.2) is 0 Å². The Bertz CT molecular complexity index is 830. The van der Waals surface area contributed by atoms with E-state index < -0.39 is 0 Å². The molecule has 8 heteroatoms. The van der Waals surface area contributed by atoms with Crippen molar-refractivity contribution in [3.05, 3.63) is 48.6 Å². The van der Waals surface area contributed by atoms with Gasteiger partial charge in [-0.3, -0.25) is 14.9 Å². The standard InChI is InChI=1S/C18H18N4O2S2/c1-2-12-25-18-21-20-17(26-18)19-15(23)10-7-13-5-8-14(9-6-13)22-11-3-4-16(22)24/h2,5-10H,1,3-4,11-12H2,(H,19,20,23)/b10-7+. The van der Waals surface area contributed by atoms with Crippen LogP contribution in [-0.4, -0.2) is 34.3 Å². The quantitative estimate of drug-likeness (QED) is 0.341. The van der Waals surface area contributed by atoms with Crippen molar-refractivity contribution in [1.82, 2.24) is 10.2 Å². The molecule has 0 radical (unpaired) electrons. The van der Waals surface area contributed by atoms with Crippen LogP contribution in [0.2, 0.25) is 0 Å². The molecule has 0 atom stereocenters. The molecule has 1 N–H and O–H groups in total. The van der Waals surface area contributed by atoms with Gasteiger partial charge >= 0.3 is 0 Å². The van der Waals surface area contributed by atoms with E-state index in [2.05, 4.69) is 22.1 Å². The van der Waals surface area contributed by atoms with Gasteiger partial charge in [0.25, 0.3) is 0 Å². The first-order valence-corrected chi connectivity index (χ1v) is 9.92. The molecular formula is C18H18N4O2S2. The SMILES string of the molecule is C=CCSc1nnc(NC(=O)/C=C/c2ccc(N3CCCC3=O)cc2)s1. The van der Waals surface area contributed by atoms with Gasteiger partial charge in [0, 0.05) is 30.5 Å². The highest BCUT2D eigenvalue weighted by molar-refractivity contribution is 8.01. The summed E-state index contributed by atoms with van der Waals surface area (Å²) < 4.78 is 0.788. The fourth-order valence-corrected chi connectivity index (χ4v) is 3.97. The van der Waals surface area contributed by atoms with Gasteiger partial charge in [0.2, 0.25) is 16.9 Å². The maximum atomic E-state index is 12.0. The molecule has 1 aromatic heterocycles. The summed E-state index contributed by atoms with van der Waals surface area (Å²) in [5, 5.41) is 11.1. The third-order valence-corrected chi connectivity index (χ3v) is 5.63. The summed E-state index contributed by atoms with van der Waals surface area (Å²) in [7, 11) is 0. The van der Waals surface area contributed by atoms with E-state index >= 15 is 0 Å². The Balaban J connectivity index is 1.55. The van der Waals surface area contributed by atoms with Crippen molar-refractivity contribution >= 4 is 51.8 Å². The van der Waals surface area contributed by atoms with E-state index in [1.54, 1.807) is 17.1 Å². The number of amides is 2. The number of nitrogens with zero attached hydrogens (tertiary/aromatic N) is 3. The fraction of sp³-hybridized carbons (Fsp3) is 0.222. The molecule has 1 aromatic carbocycles. The van der Waals surface area contributed by atoms with E-state index in [0.717, 1.165) is 34.3 Å². The number of carbonyl (C=O) groups is 2. The number of nitrogens with one attached hydrogen (secondary N) is 1. The normalized spacial score (nSPS) is 14.2. The van der Waals surface area contributed by atoms with Crippen molar-refractivity contribution in [2.45, 2.75) is 17.2 Å². The lowest BCUT2D eigenvalue weighted by molar-refractivity contribution is -0.117. The van der Waals surface area contributed by atoms with Gasteiger partial charge in [-0.15, -0.1) is 16.8 Å². The van der Waals surface area contributed by atoms with Gasteiger partial charge < -0.3 is 4.90 Å². The van der Waals surface area contributed by atoms with Gasteiger partial charge in [-0.2, -0.15) is 0 Å². The minimum Gasteiger partial charge on any atom is -0.312 e. The smallest absolute Gasteiger partial charge is 0.250 e. The van der Waals surface area contributed by atoms with Crippen LogP contribution in [0.5, 0.6) is 0 Å². The predicted molar refractivity (Wildman–Crippen MR) is 107 cm³/mol. The molecule has 3 rings (SSSR count). The zero-order valence-electron chi connectivity index (χ0n) is 14.1. The Morgan fingerprint density at radius 2 is 2.15 bits per heavy atom. The van der Waals surface area contributed by atoms with E-state index in [-0.39, 0.29) is 11.8 Å². The summed E-state index contributed by atoms with van der Waals surface area (Å²) in [5.41, 5.74) is 1.78. The van der Waals surface area contributed by atoms with E-state index in [1.165, 1.54) is 29.2 Å². The Hall–Kier alpha value is -2.45. The number of benzene rings is 1. The summed E-state index contributed by atoms with van der Waals surface area (Å²) >= 11 is 2.85. The molecule has 2 aromatic rings. The molecule has 2 amide bonds. The first-order chi connectivity index (χ1) is 12.7. The molecular weight excluding hydrogens is 368 g/mol. The number of hydrogen-bond acceptors (Lipinski definition) is 6. The molecule has 1 saturated heterocycles. The highest BCUT2D eigenvalue weighted by Gasteiger charge is 2.21. The third-order valence-electron chi connectivity index (χ3n) is 3.67. The van der Waals surface area contributed by atoms with Crippen molar-refractivity contribution in [2.75, 3.05) is 22.5 Å². The zero-order chi connectivity index (χ0) is 18.4. The molecule has 1 aliphatic heterocycles. The number of carbonyl (C=O) groups excluding carboxylic acids is 2. The van der Waals surface area contributed by atoms with Crippen molar-refractivity contribution in [3.63, 3.8) is 0 Å². The summed E-state index contributed by atoms with van der Waals surface area (Å²) in [6.45, 7) is 4.42. The molecule has 0 spiro atoms. The van der Waals surface area contributed by atoms with E-state index in [4.69, 9.17) is 0 Å². The molecule has 26 heavy (non-hydrogen) atoms. The molecule has 2 heterocycles. The molecule has 0 unspecified atom stereocenters. The first-order valence-electron chi connectivity index (χ1n) is 8.12. The lowest BCUT2D eigenvalue weighted by atomic mass is 10.2. The molecule has 0 bridgehead atoms. The van der Waals surface area contributed by atoms with Crippen LogP contribution in [0.15, 0.2) is 47.3 Å². The van der Waals surface area contributed by atoms with Gasteiger partial charge in [-0.05, 0) is 30.2 Å². The van der Waals surface area contributed by atoms with Crippen LogP contribution in [0.25, 0.3) is 6.08 Å². The molecule has 1 fully saturated rings. The summed E-state index contributed by atoms with van der Waals surface area (Å²) in [6, 6.07) is 7.57. The Morgan fingerprint density at radius 1 is 1.35 bits per heavy atom. The number of anilines is 2. The second-order valence-corrected chi connectivity index (χ2v) is 7.78. The second kappa shape index (κ2) is 8.77. The van der Waals surface area contributed by atoms with Crippen LogP contribution >= 0.6 is 23.1 Å². The molecule has 0 saturated carbocycles. The minimum atomic E-state index is -0.264. The van der Waals surface area contributed by atoms with Gasteiger partial charge in [0.05, 0.1) is 0 Å². The van der Waals surface area contributed by atoms with E-state index in [1.807, 2.05) is 24.3 Å². The highest BCUT2D eigenvalue weighted by Crippen LogP contribution is 2.25. The second-order valence-electron chi connectivity index (χ2n) is 5.54. The van der Waals surface area contributed by atoms with Gasteiger partial charge in [0.15, 0.2) is 4.34 Å². The monoisotopic (exact) mass is 386 g/mol. The van der Waals surface area contributed by atoms with Crippen molar-refractivity contribution in [3.8, 4) is 0 Å². The molecule has 134 valence electrons. The minimum absolute atomic E-state index is 0.162. The maximum absolute atomic E-state index is 12.0. The fourth-order valence-electron chi connectivity index (χ4n) is 2.45. The van der Waals surface area contributed by atoms with Crippen LogP contribution in [0.3, 0.4) is 0 Å². The van der Waals surface area contributed by atoms with Crippen molar-refractivity contribution in [1.29, 1.82) is 0 Å². The summed E-state index contributed by atoms with van der Waals surface area (Å²) in [4.78, 5) is 25.5. The largest absolute Gasteiger partial charge is 0.312 e. The number of thioether (sulfide) groups is 1. The lowest BCUT2D eigenvalue weighted by Gasteiger charge is -2.15. The maximum Gasteiger partial charge on any atom is 0.250 e. The summed E-state index contributed by atoms with van der Waals surface area (Å²) in [6.07, 6.45) is 6.48. The predicted octanol–water partition coefficient (Wildman–Crippen LogP) is 3.59. The number of aromatic nitrogens is 2. The van der Waals surface area contributed by atoms with Gasteiger partial charge in [0.1, 0.15) is 0 Å². The van der Waals surface area contributed by atoms with Crippen molar-refractivity contribution < 1.29 is 9.59 Å². The average Bonchev–Trinajstić information content (AvgIpc) is 3.27. The third kappa shape index (κ3) is 4.80. The van der Waals surface area contributed by atoms with E-state index in [9.17, 15) is 9.59 Å². The van der Waals surface area contributed by atoms with Crippen LogP contribution in [0.1, 0.15) is 18.4 Å². The molecule has 6 nitrogen and oxygen atoms in total. The summed E-state index contributed by atoms with van der Waals surface area (Å²) in [5.74, 6) is 0.650. The van der Waals surface area contributed by atoms with Crippen LogP contribution < -0.4 is 10.2 Å². The Morgan fingerprint density at radius 3 is 2.85 bits per heavy atom. The number of hydrogen-bond donors (Lipinski definition) is 1. The Labute approximate surface area is 160 Å². The van der Waals surface area contributed by atoms with Crippen LogP contribution in [0, 0.1) is 0 Å². The molecule has 1 aliphatic rings. The first kappa shape index (κ1) is 18.3. The zero-order valence-corrected chi connectivity index (χ0v) is 15.7. The number of rotatable bonds is 7. The van der Waals surface area contributed by atoms with Crippen LogP contribution in [0.4, 0.5) is 10.8 Å².